The lowest BCUT2D eigenvalue weighted by Gasteiger charge is -2.32. The molecule has 35 heavy (non-hydrogen) atoms. The van der Waals surface area contributed by atoms with Gasteiger partial charge >= 0.3 is 13.1 Å². The monoisotopic (exact) mass is 477 g/mol. The molecule has 0 aliphatic carbocycles. The molecular weight excluding hydrogens is 441 g/mol. The summed E-state index contributed by atoms with van der Waals surface area (Å²) in [5.41, 5.74) is 2.69. The van der Waals surface area contributed by atoms with Gasteiger partial charge in [-0.25, -0.2) is 4.79 Å². The number of benzene rings is 2. The van der Waals surface area contributed by atoms with Crippen molar-refractivity contribution in [2.24, 2.45) is 0 Å². The Bertz CT molecular complexity index is 1050. The predicted molar refractivity (Wildman–Crippen MR) is 140 cm³/mol. The maximum atomic E-state index is 13.0. The number of nitrogens with zero attached hydrogens (tertiary/aromatic N) is 1. The predicted octanol–water partition coefficient (Wildman–Crippen LogP) is 4.74. The minimum atomic E-state index is -0.507. The SMILES string of the molecule is CC(C)c1ccc(NC(=O)N2CCCC2C(=O)Nc2ccc(B3OC(C)(C)C(C)(C)O3)cc2)cc1. The summed E-state index contributed by atoms with van der Waals surface area (Å²) in [6.45, 7) is 12.9. The molecule has 2 saturated heterocycles. The second-order valence-corrected chi connectivity index (χ2v) is 10.8. The Morgan fingerprint density at radius 2 is 1.46 bits per heavy atom. The summed E-state index contributed by atoms with van der Waals surface area (Å²) >= 11 is 0. The van der Waals surface area contributed by atoms with Gasteiger partial charge in [-0.1, -0.05) is 38.1 Å². The number of rotatable bonds is 5. The minimum absolute atomic E-state index is 0.184. The van der Waals surface area contributed by atoms with Crippen LogP contribution in [-0.4, -0.2) is 47.7 Å². The van der Waals surface area contributed by atoms with Crippen LogP contribution in [0.1, 0.15) is 65.9 Å². The highest BCUT2D eigenvalue weighted by atomic mass is 16.7. The first-order chi connectivity index (χ1) is 16.5. The van der Waals surface area contributed by atoms with Crippen LogP contribution >= 0.6 is 0 Å². The molecule has 2 N–H and O–H groups in total. The Kier molecular flexibility index (Phi) is 6.98. The van der Waals surface area contributed by atoms with Gasteiger partial charge in [-0.15, -0.1) is 0 Å². The van der Waals surface area contributed by atoms with Gasteiger partial charge in [0.05, 0.1) is 11.2 Å². The zero-order valence-corrected chi connectivity index (χ0v) is 21.6. The van der Waals surface area contributed by atoms with Crippen LogP contribution in [0.2, 0.25) is 0 Å². The minimum Gasteiger partial charge on any atom is -0.399 e. The van der Waals surface area contributed by atoms with Gasteiger partial charge in [0.1, 0.15) is 6.04 Å². The van der Waals surface area contributed by atoms with Gasteiger partial charge < -0.3 is 24.8 Å². The van der Waals surface area contributed by atoms with Crippen LogP contribution in [0, 0.1) is 0 Å². The molecular formula is C27H36BN3O4. The second-order valence-electron chi connectivity index (χ2n) is 10.8. The van der Waals surface area contributed by atoms with Crippen LogP contribution < -0.4 is 16.1 Å². The van der Waals surface area contributed by atoms with Gasteiger partial charge in [0.2, 0.25) is 5.91 Å². The topological polar surface area (TPSA) is 79.9 Å². The normalized spacial score (nSPS) is 20.8. The molecule has 3 amide bonds. The van der Waals surface area contributed by atoms with Gasteiger partial charge in [0, 0.05) is 17.9 Å². The van der Waals surface area contributed by atoms with Crippen LogP contribution in [0.25, 0.3) is 0 Å². The van der Waals surface area contributed by atoms with Crippen molar-refractivity contribution in [1.82, 2.24) is 4.90 Å². The molecule has 2 aromatic carbocycles. The molecule has 1 atom stereocenters. The number of nitrogens with one attached hydrogen (secondary N) is 2. The van der Waals surface area contributed by atoms with E-state index >= 15 is 0 Å². The third kappa shape index (κ3) is 5.38. The number of hydrogen-bond donors (Lipinski definition) is 2. The number of anilines is 2. The van der Waals surface area contributed by atoms with Crippen LogP contribution in [0.3, 0.4) is 0 Å². The first kappa shape index (κ1) is 25.3. The highest BCUT2D eigenvalue weighted by molar-refractivity contribution is 6.62. The zero-order chi connectivity index (χ0) is 25.4. The molecule has 8 heteroatoms. The van der Waals surface area contributed by atoms with Gasteiger partial charge in [0.15, 0.2) is 0 Å². The molecule has 2 aliphatic heterocycles. The van der Waals surface area contributed by atoms with Crippen molar-refractivity contribution in [3.05, 3.63) is 54.1 Å². The molecule has 7 nitrogen and oxygen atoms in total. The fourth-order valence-corrected chi connectivity index (χ4v) is 4.36. The highest BCUT2D eigenvalue weighted by Gasteiger charge is 2.51. The lowest BCUT2D eigenvalue weighted by atomic mass is 9.79. The second kappa shape index (κ2) is 9.67. The summed E-state index contributed by atoms with van der Waals surface area (Å²) in [7, 11) is -0.451. The number of carbonyl (C=O) groups excluding carboxylic acids is 2. The van der Waals surface area contributed by atoms with Crippen LogP contribution in [0.4, 0.5) is 16.2 Å². The summed E-state index contributed by atoms with van der Waals surface area (Å²) in [6, 6.07) is 14.6. The molecule has 2 fully saturated rings. The van der Waals surface area contributed by atoms with Crippen molar-refractivity contribution < 1.29 is 18.9 Å². The molecule has 2 aromatic rings. The zero-order valence-electron chi connectivity index (χ0n) is 21.6. The van der Waals surface area contributed by atoms with Crippen LogP contribution in [-0.2, 0) is 14.1 Å². The van der Waals surface area contributed by atoms with Crippen molar-refractivity contribution in [2.45, 2.75) is 77.5 Å². The molecule has 0 aromatic heterocycles. The summed E-state index contributed by atoms with van der Waals surface area (Å²) in [6.07, 6.45) is 1.43. The van der Waals surface area contributed by atoms with E-state index in [4.69, 9.17) is 9.31 Å². The number of amides is 3. The lowest BCUT2D eigenvalue weighted by molar-refractivity contribution is -0.119. The van der Waals surface area contributed by atoms with E-state index in [0.29, 0.717) is 24.6 Å². The maximum Gasteiger partial charge on any atom is 0.494 e. The number of carbonyl (C=O) groups is 2. The van der Waals surface area contributed by atoms with Crippen molar-refractivity contribution in [1.29, 1.82) is 0 Å². The Morgan fingerprint density at radius 3 is 2.03 bits per heavy atom. The third-order valence-electron chi connectivity index (χ3n) is 7.35. The molecule has 0 bridgehead atoms. The average molecular weight is 477 g/mol. The molecule has 0 spiro atoms. The van der Waals surface area contributed by atoms with E-state index < -0.39 is 24.4 Å². The van der Waals surface area contributed by atoms with E-state index in [-0.39, 0.29) is 11.9 Å². The fraction of sp³-hybridized carbons (Fsp3) is 0.481. The Hall–Kier alpha value is -2.84. The van der Waals surface area contributed by atoms with Gasteiger partial charge in [-0.2, -0.15) is 0 Å². The molecule has 4 rings (SSSR count). The largest absolute Gasteiger partial charge is 0.494 e. The number of urea groups is 1. The Balaban J connectivity index is 1.36. The molecule has 1 unspecified atom stereocenters. The molecule has 2 heterocycles. The van der Waals surface area contributed by atoms with E-state index in [0.717, 1.165) is 17.6 Å². The summed E-state index contributed by atoms with van der Waals surface area (Å²) in [4.78, 5) is 27.6. The van der Waals surface area contributed by atoms with Crippen molar-refractivity contribution in [3.63, 3.8) is 0 Å². The van der Waals surface area contributed by atoms with Crippen molar-refractivity contribution >= 4 is 35.9 Å². The smallest absolute Gasteiger partial charge is 0.399 e. The van der Waals surface area contributed by atoms with Gasteiger partial charge in [-0.3, -0.25) is 4.79 Å². The van der Waals surface area contributed by atoms with E-state index in [2.05, 4.69) is 24.5 Å². The first-order valence-corrected chi connectivity index (χ1v) is 12.4. The highest BCUT2D eigenvalue weighted by Crippen LogP contribution is 2.36. The van der Waals surface area contributed by atoms with E-state index in [1.54, 1.807) is 4.90 Å². The fourth-order valence-electron chi connectivity index (χ4n) is 4.36. The van der Waals surface area contributed by atoms with E-state index in [1.807, 2.05) is 76.2 Å². The molecule has 0 saturated carbocycles. The quantitative estimate of drug-likeness (QED) is 0.610. The first-order valence-electron chi connectivity index (χ1n) is 12.4. The Morgan fingerprint density at radius 1 is 0.914 bits per heavy atom. The van der Waals surface area contributed by atoms with Crippen LogP contribution in [0.5, 0.6) is 0 Å². The number of hydrogen-bond acceptors (Lipinski definition) is 4. The third-order valence-corrected chi connectivity index (χ3v) is 7.35. The molecule has 2 aliphatic rings. The molecule has 0 radical (unpaired) electrons. The standard InChI is InChI=1S/C27H36BN3O4/c1-18(2)19-9-13-22(14-10-19)30-25(33)31-17-7-8-23(31)24(32)29-21-15-11-20(12-16-21)28-34-26(3,4)27(5,6)35-28/h9-16,18,23H,7-8,17H2,1-6H3,(H,29,32)(H,30,33). The maximum absolute atomic E-state index is 13.0. The number of likely N-dealkylation sites (tertiary alicyclic amines) is 1. The molecule has 186 valence electrons. The van der Waals surface area contributed by atoms with Gasteiger partial charge in [-0.05, 0) is 81.7 Å². The van der Waals surface area contributed by atoms with Crippen molar-refractivity contribution in [2.75, 3.05) is 17.2 Å². The van der Waals surface area contributed by atoms with Crippen molar-refractivity contribution in [3.8, 4) is 0 Å². The average Bonchev–Trinajstić information content (AvgIpc) is 3.37. The summed E-state index contributed by atoms with van der Waals surface area (Å²) in [5.74, 6) is 0.244. The van der Waals surface area contributed by atoms with Crippen LogP contribution in [0.15, 0.2) is 48.5 Å². The Labute approximate surface area is 208 Å². The van der Waals surface area contributed by atoms with Gasteiger partial charge in [0.25, 0.3) is 0 Å². The van der Waals surface area contributed by atoms with E-state index in [1.165, 1.54) is 5.56 Å². The summed E-state index contributed by atoms with van der Waals surface area (Å²) < 4.78 is 12.2. The summed E-state index contributed by atoms with van der Waals surface area (Å²) in [5, 5.41) is 5.89. The van der Waals surface area contributed by atoms with E-state index in [9.17, 15) is 9.59 Å². The lowest BCUT2D eigenvalue weighted by Crippen LogP contribution is -2.45.